The predicted molar refractivity (Wildman–Crippen MR) is 117 cm³/mol. The van der Waals surface area contributed by atoms with Crippen molar-refractivity contribution >= 4 is 11.9 Å². The third kappa shape index (κ3) is 2.75. The summed E-state index contributed by atoms with van der Waals surface area (Å²) < 4.78 is 40.5. The van der Waals surface area contributed by atoms with E-state index < -0.39 is 34.1 Å². The zero-order valence-electron chi connectivity index (χ0n) is 20.6. The molecule has 1 heterocycles. The van der Waals surface area contributed by atoms with Crippen molar-refractivity contribution in [1.29, 1.82) is 0 Å². The molecule has 9 nitrogen and oxygen atoms in total. The number of fused-ring (bicyclic) bond motifs is 3. The van der Waals surface area contributed by atoms with Gasteiger partial charge in [0.1, 0.15) is 23.6 Å². The Bertz CT molecular complexity index is 948. The van der Waals surface area contributed by atoms with E-state index in [1.54, 1.807) is 21.1 Å². The average molecular weight is 479 g/mol. The Hall–Kier alpha value is -1.94. The molecule has 5 aliphatic rings. The summed E-state index contributed by atoms with van der Waals surface area (Å²) in [4.78, 5) is 26.9. The van der Waals surface area contributed by atoms with Crippen molar-refractivity contribution in [3.05, 3.63) is 23.0 Å². The van der Waals surface area contributed by atoms with Crippen LogP contribution in [0, 0.1) is 22.7 Å². The topological polar surface area (TPSA) is 98.8 Å². The van der Waals surface area contributed by atoms with Crippen LogP contribution in [0.1, 0.15) is 39.0 Å². The van der Waals surface area contributed by atoms with Crippen LogP contribution < -0.4 is 0 Å². The van der Waals surface area contributed by atoms with Crippen molar-refractivity contribution in [2.75, 3.05) is 48.4 Å². The van der Waals surface area contributed by atoms with E-state index in [0.29, 0.717) is 44.7 Å². The van der Waals surface area contributed by atoms with Gasteiger partial charge in [-0.2, -0.15) is 0 Å². The number of rotatable bonds is 6. The van der Waals surface area contributed by atoms with Gasteiger partial charge in [0.15, 0.2) is 5.79 Å². The highest BCUT2D eigenvalue weighted by atomic mass is 16.8. The SMILES string of the molecule is COCO[C@]12CC[C@H]3C4=C([C@H](C(=O)OC)[C@@]3(CC13OCCO3)C2)[C@@](C)(C(=O)OC)C(OC)=CC4. The zero-order valence-corrected chi connectivity index (χ0v) is 20.6. The van der Waals surface area contributed by atoms with Gasteiger partial charge in [-0.25, -0.2) is 0 Å². The summed E-state index contributed by atoms with van der Waals surface area (Å²) in [6.07, 6.45) is 5.04. The Morgan fingerprint density at radius 1 is 1.09 bits per heavy atom. The number of ether oxygens (including phenoxy) is 7. The fraction of sp³-hybridized carbons (Fsp3) is 0.760. The quantitative estimate of drug-likeness (QED) is 0.324. The molecule has 0 aromatic rings. The Morgan fingerprint density at radius 2 is 1.82 bits per heavy atom. The first-order chi connectivity index (χ1) is 16.3. The Morgan fingerprint density at radius 3 is 2.44 bits per heavy atom. The normalized spacial score (nSPS) is 39.5. The molecule has 5 atom stereocenters. The lowest BCUT2D eigenvalue weighted by atomic mass is 9.61. The second-order valence-corrected chi connectivity index (χ2v) is 10.2. The van der Waals surface area contributed by atoms with Crippen molar-refractivity contribution < 1.29 is 42.7 Å². The summed E-state index contributed by atoms with van der Waals surface area (Å²) in [6, 6.07) is 0. The highest BCUT2D eigenvalue weighted by Gasteiger charge is 2.78. The second-order valence-electron chi connectivity index (χ2n) is 10.2. The fourth-order valence-electron chi connectivity index (χ4n) is 7.90. The largest absolute Gasteiger partial charge is 0.500 e. The van der Waals surface area contributed by atoms with Gasteiger partial charge < -0.3 is 33.2 Å². The highest BCUT2D eigenvalue weighted by Crippen LogP contribution is 2.75. The van der Waals surface area contributed by atoms with Crippen molar-refractivity contribution in [3.63, 3.8) is 0 Å². The van der Waals surface area contributed by atoms with Gasteiger partial charge in [0.05, 0.1) is 40.5 Å². The molecule has 0 N–H and O–H groups in total. The molecule has 0 unspecified atom stereocenters. The first-order valence-corrected chi connectivity index (χ1v) is 11.8. The molecule has 0 aromatic carbocycles. The molecule has 0 radical (unpaired) electrons. The summed E-state index contributed by atoms with van der Waals surface area (Å²) in [5.74, 6) is -1.94. The third-order valence-electron chi connectivity index (χ3n) is 9.03. The molecule has 2 spiro atoms. The fourth-order valence-corrected chi connectivity index (χ4v) is 7.90. The second kappa shape index (κ2) is 8.05. The highest BCUT2D eigenvalue weighted by molar-refractivity contribution is 5.90. The first kappa shape index (κ1) is 23.8. The van der Waals surface area contributed by atoms with Crippen LogP contribution in [0.15, 0.2) is 23.0 Å². The summed E-state index contributed by atoms with van der Waals surface area (Å²) in [5, 5.41) is 0. The molecule has 9 heteroatoms. The van der Waals surface area contributed by atoms with Gasteiger partial charge >= 0.3 is 11.9 Å². The van der Waals surface area contributed by atoms with Gasteiger partial charge in [0.2, 0.25) is 0 Å². The molecule has 34 heavy (non-hydrogen) atoms. The van der Waals surface area contributed by atoms with Gasteiger partial charge in [-0.15, -0.1) is 0 Å². The van der Waals surface area contributed by atoms with Crippen LogP contribution >= 0.6 is 0 Å². The number of hydrogen-bond acceptors (Lipinski definition) is 9. The summed E-state index contributed by atoms with van der Waals surface area (Å²) in [7, 11) is 5.88. The number of carbonyl (C=O) groups is 2. The minimum atomic E-state index is -1.23. The Balaban J connectivity index is 1.69. The van der Waals surface area contributed by atoms with Crippen molar-refractivity contribution in [3.8, 4) is 0 Å². The number of hydrogen-bond donors (Lipinski definition) is 0. The molecule has 0 amide bonds. The van der Waals surface area contributed by atoms with Crippen molar-refractivity contribution in [2.24, 2.45) is 22.7 Å². The molecule has 4 aliphatic carbocycles. The maximum Gasteiger partial charge on any atom is 0.323 e. The minimum absolute atomic E-state index is 0.0525. The standard InChI is InChI=1S/C25H34O9/c1-22(21(27)31-5)17(29-3)7-6-15-16-8-9-24(34-14-28-2)12-23(16,13-25(24)32-10-11-33-25)19(18(15)22)20(26)30-4/h7,16,19H,6,8-14H2,1-5H3/t16-,19+,22-,23+,24-/m0/s1. The monoisotopic (exact) mass is 478 g/mol. The van der Waals surface area contributed by atoms with E-state index >= 15 is 0 Å². The van der Waals surface area contributed by atoms with Crippen LogP contribution in [-0.2, 0) is 42.7 Å². The van der Waals surface area contributed by atoms with Crippen LogP contribution in [0.4, 0.5) is 0 Å². The van der Waals surface area contributed by atoms with Crippen LogP contribution in [-0.4, -0.2) is 71.8 Å². The predicted octanol–water partition coefficient (Wildman–Crippen LogP) is 2.49. The molecular formula is C25H34O9. The molecule has 3 fully saturated rings. The van der Waals surface area contributed by atoms with E-state index in [9.17, 15) is 9.59 Å². The van der Waals surface area contributed by atoms with Crippen LogP contribution in [0.3, 0.4) is 0 Å². The number of allylic oxidation sites excluding steroid dienone is 2. The van der Waals surface area contributed by atoms with E-state index in [1.165, 1.54) is 14.2 Å². The van der Waals surface area contributed by atoms with E-state index in [2.05, 4.69) is 0 Å². The van der Waals surface area contributed by atoms with Crippen LogP contribution in [0.5, 0.6) is 0 Å². The minimum Gasteiger partial charge on any atom is -0.500 e. The Kier molecular flexibility index (Phi) is 5.63. The number of carbonyl (C=O) groups excluding carboxylic acids is 2. The summed E-state index contributed by atoms with van der Waals surface area (Å²) in [6.45, 7) is 2.81. The average Bonchev–Trinajstić information content (AvgIpc) is 3.49. The van der Waals surface area contributed by atoms with Gasteiger partial charge in [0, 0.05) is 18.9 Å². The molecule has 2 saturated carbocycles. The van der Waals surface area contributed by atoms with E-state index in [0.717, 1.165) is 17.6 Å². The molecule has 2 bridgehead atoms. The molecule has 188 valence electrons. The number of esters is 2. The lowest BCUT2D eigenvalue weighted by Crippen LogP contribution is -2.54. The molecular weight excluding hydrogens is 444 g/mol. The number of methoxy groups -OCH3 is 4. The van der Waals surface area contributed by atoms with E-state index in [-0.39, 0.29) is 18.7 Å². The van der Waals surface area contributed by atoms with Gasteiger partial charge in [0.25, 0.3) is 0 Å². The smallest absolute Gasteiger partial charge is 0.323 e. The molecule has 5 rings (SSSR count). The lowest BCUT2D eigenvalue weighted by molar-refractivity contribution is -0.289. The maximum absolute atomic E-state index is 13.6. The summed E-state index contributed by atoms with van der Waals surface area (Å²) >= 11 is 0. The van der Waals surface area contributed by atoms with Crippen LogP contribution in [0.25, 0.3) is 0 Å². The lowest BCUT2D eigenvalue weighted by Gasteiger charge is -2.45. The zero-order chi connectivity index (χ0) is 24.4. The Labute approximate surface area is 199 Å². The van der Waals surface area contributed by atoms with E-state index in [1.807, 2.05) is 6.08 Å². The van der Waals surface area contributed by atoms with Gasteiger partial charge in [-0.3, -0.25) is 9.59 Å². The van der Waals surface area contributed by atoms with Gasteiger partial charge in [-0.05, 0) is 50.2 Å². The van der Waals surface area contributed by atoms with Crippen LogP contribution in [0.2, 0.25) is 0 Å². The molecule has 1 saturated heterocycles. The van der Waals surface area contributed by atoms with Gasteiger partial charge in [-0.1, -0.05) is 5.57 Å². The summed E-state index contributed by atoms with van der Waals surface area (Å²) in [5.41, 5.74) is -0.727. The van der Waals surface area contributed by atoms with Crippen molar-refractivity contribution in [1.82, 2.24) is 0 Å². The van der Waals surface area contributed by atoms with Crippen molar-refractivity contribution in [2.45, 2.75) is 50.4 Å². The first-order valence-electron chi connectivity index (χ1n) is 11.8. The molecule has 1 aliphatic heterocycles. The molecule has 0 aromatic heterocycles. The van der Waals surface area contributed by atoms with E-state index in [4.69, 9.17) is 33.2 Å². The maximum atomic E-state index is 13.6. The third-order valence-corrected chi connectivity index (χ3v) is 9.03.